The Bertz CT molecular complexity index is 1180. The Labute approximate surface area is 181 Å². The number of rotatable bonds is 6. The molecule has 1 aliphatic heterocycles. The minimum absolute atomic E-state index is 0.0160. The molecule has 0 spiro atoms. The van der Waals surface area contributed by atoms with E-state index in [1.54, 1.807) is 16.2 Å². The van der Waals surface area contributed by atoms with Gasteiger partial charge in [-0.3, -0.25) is 9.20 Å². The van der Waals surface area contributed by atoms with Crippen molar-refractivity contribution in [1.29, 1.82) is 0 Å². The molecule has 0 fully saturated rings. The van der Waals surface area contributed by atoms with Gasteiger partial charge in [0.1, 0.15) is 13.2 Å². The zero-order valence-corrected chi connectivity index (χ0v) is 17.6. The molecule has 9 heteroatoms. The van der Waals surface area contributed by atoms with Gasteiger partial charge in [-0.05, 0) is 35.7 Å². The molecular formula is C21H18N4O3S2. The molecule has 0 bridgehead atoms. The molecule has 3 aromatic heterocycles. The lowest BCUT2D eigenvalue weighted by Gasteiger charge is -2.25. The van der Waals surface area contributed by atoms with Gasteiger partial charge >= 0.3 is 0 Å². The van der Waals surface area contributed by atoms with Crippen LogP contribution in [0.1, 0.15) is 4.88 Å². The van der Waals surface area contributed by atoms with E-state index in [2.05, 4.69) is 10.2 Å². The number of aromatic nitrogens is 3. The van der Waals surface area contributed by atoms with Crippen LogP contribution in [-0.2, 0) is 11.3 Å². The van der Waals surface area contributed by atoms with E-state index in [0.717, 1.165) is 16.2 Å². The van der Waals surface area contributed by atoms with Crippen molar-refractivity contribution >= 4 is 40.3 Å². The van der Waals surface area contributed by atoms with Gasteiger partial charge in [-0.25, -0.2) is 0 Å². The van der Waals surface area contributed by atoms with E-state index < -0.39 is 0 Å². The summed E-state index contributed by atoms with van der Waals surface area (Å²) < 4.78 is 13.2. The molecule has 0 unspecified atom stereocenters. The summed E-state index contributed by atoms with van der Waals surface area (Å²) in [6.45, 7) is 1.54. The molecule has 0 N–H and O–H groups in total. The fraction of sp³-hybridized carbons (Fsp3) is 0.190. The highest BCUT2D eigenvalue weighted by Crippen LogP contribution is 2.35. The van der Waals surface area contributed by atoms with Crippen LogP contribution in [0.4, 0.5) is 5.69 Å². The minimum Gasteiger partial charge on any atom is -0.486 e. The molecule has 5 rings (SSSR count). The lowest BCUT2D eigenvalue weighted by atomic mass is 10.2. The second kappa shape index (κ2) is 8.37. The Balaban J connectivity index is 1.39. The van der Waals surface area contributed by atoms with Crippen molar-refractivity contribution in [3.05, 3.63) is 65.0 Å². The average molecular weight is 439 g/mol. The summed E-state index contributed by atoms with van der Waals surface area (Å²) in [6.07, 6.45) is 1.90. The maximum atomic E-state index is 13.2. The SMILES string of the molecule is O=C(CSc1nnc2ccccn12)N(Cc1cccs1)c1ccc2c(c1)OCCO2. The normalized spacial score (nSPS) is 12.8. The molecule has 152 valence electrons. The van der Waals surface area contributed by atoms with Crippen molar-refractivity contribution < 1.29 is 14.3 Å². The van der Waals surface area contributed by atoms with Crippen LogP contribution in [0.2, 0.25) is 0 Å². The molecule has 0 atom stereocenters. The maximum absolute atomic E-state index is 13.2. The number of hydrogen-bond donors (Lipinski definition) is 0. The highest BCUT2D eigenvalue weighted by Gasteiger charge is 2.21. The number of pyridine rings is 1. The number of carbonyl (C=O) groups is 1. The molecule has 4 heterocycles. The van der Waals surface area contributed by atoms with Crippen molar-refractivity contribution in [2.24, 2.45) is 0 Å². The van der Waals surface area contributed by atoms with E-state index in [-0.39, 0.29) is 11.7 Å². The number of thiophene rings is 1. The van der Waals surface area contributed by atoms with Gasteiger partial charge in [-0.15, -0.1) is 21.5 Å². The van der Waals surface area contributed by atoms with Gasteiger partial charge in [0.2, 0.25) is 5.91 Å². The highest BCUT2D eigenvalue weighted by molar-refractivity contribution is 7.99. The Morgan fingerprint density at radius 1 is 1.10 bits per heavy atom. The van der Waals surface area contributed by atoms with Crippen LogP contribution in [0.15, 0.2) is 65.3 Å². The molecule has 0 aliphatic carbocycles. The minimum atomic E-state index is -0.0160. The van der Waals surface area contributed by atoms with Crippen LogP contribution in [0, 0.1) is 0 Å². The first-order valence-electron chi connectivity index (χ1n) is 9.43. The van der Waals surface area contributed by atoms with Crippen LogP contribution < -0.4 is 14.4 Å². The molecular weight excluding hydrogens is 420 g/mol. The number of ether oxygens (including phenoxy) is 2. The largest absolute Gasteiger partial charge is 0.486 e. The number of fused-ring (bicyclic) bond motifs is 2. The van der Waals surface area contributed by atoms with Crippen molar-refractivity contribution in [3.8, 4) is 11.5 Å². The first kappa shape index (κ1) is 19.0. The molecule has 0 saturated heterocycles. The average Bonchev–Trinajstić information content (AvgIpc) is 3.45. The molecule has 1 aromatic carbocycles. The van der Waals surface area contributed by atoms with Crippen molar-refractivity contribution in [3.63, 3.8) is 0 Å². The fourth-order valence-electron chi connectivity index (χ4n) is 3.20. The quantitative estimate of drug-likeness (QED) is 0.426. The maximum Gasteiger partial charge on any atom is 0.237 e. The van der Waals surface area contributed by atoms with Crippen molar-refractivity contribution in [2.75, 3.05) is 23.9 Å². The van der Waals surface area contributed by atoms with E-state index in [0.29, 0.717) is 36.4 Å². The Hall–Kier alpha value is -3.04. The number of nitrogens with zero attached hydrogens (tertiary/aromatic N) is 4. The van der Waals surface area contributed by atoms with E-state index in [9.17, 15) is 4.79 Å². The van der Waals surface area contributed by atoms with Gasteiger partial charge in [0.25, 0.3) is 0 Å². The summed E-state index contributed by atoms with van der Waals surface area (Å²) in [5.41, 5.74) is 1.54. The predicted octanol–water partition coefficient (Wildman–Crippen LogP) is 3.89. The van der Waals surface area contributed by atoms with E-state index in [1.807, 2.05) is 64.5 Å². The zero-order valence-electron chi connectivity index (χ0n) is 15.9. The van der Waals surface area contributed by atoms with Gasteiger partial charge in [0.15, 0.2) is 22.3 Å². The Morgan fingerprint density at radius 3 is 2.87 bits per heavy atom. The lowest BCUT2D eigenvalue weighted by molar-refractivity contribution is -0.116. The topological polar surface area (TPSA) is 69.0 Å². The van der Waals surface area contributed by atoms with Gasteiger partial charge in [-0.2, -0.15) is 0 Å². The summed E-state index contributed by atoms with van der Waals surface area (Å²) in [5, 5.41) is 11.1. The summed E-state index contributed by atoms with van der Waals surface area (Å²) >= 11 is 3.00. The van der Waals surface area contributed by atoms with Gasteiger partial charge in [0, 0.05) is 22.8 Å². The van der Waals surface area contributed by atoms with Gasteiger partial charge in [-0.1, -0.05) is 23.9 Å². The molecule has 4 aromatic rings. The number of amides is 1. The number of carbonyl (C=O) groups excluding carboxylic acids is 1. The number of anilines is 1. The fourth-order valence-corrected chi connectivity index (χ4v) is 4.70. The summed E-state index contributed by atoms with van der Waals surface area (Å²) in [5.74, 6) is 1.60. The first-order valence-corrected chi connectivity index (χ1v) is 11.3. The van der Waals surface area contributed by atoms with E-state index in [1.165, 1.54) is 11.8 Å². The number of thioether (sulfide) groups is 1. The van der Waals surface area contributed by atoms with Crippen LogP contribution in [0.5, 0.6) is 11.5 Å². The predicted molar refractivity (Wildman–Crippen MR) is 117 cm³/mol. The third-order valence-corrected chi connectivity index (χ3v) is 6.43. The Kier molecular flexibility index (Phi) is 5.29. The van der Waals surface area contributed by atoms with E-state index in [4.69, 9.17) is 9.47 Å². The second-order valence-corrected chi connectivity index (χ2v) is 8.56. The smallest absolute Gasteiger partial charge is 0.237 e. The molecule has 7 nitrogen and oxygen atoms in total. The number of hydrogen-bond acceptors (Lipinski definition) is 7. The van der Waals surface area contributed by atoms with Crippen molar-refractivity contribution in [1.82, 2.24) is 14.6 Å². The van der Waals surface area contributed by atoms with Crippen LogP contribution in [0.3, 0.4) is 0 Å². The summed E-state index contributed by atoms with van der Waals surface area (Å²) in [6, 6.07) is 15.4. The molecule has 1 amide bonds. The third-order valence-electron chi connectivity index (χ3n) is 4.64. The third kappa shape index (κ3) is 3.86. The Morgan fingerprint density at radius 2 is 2.00 bits per heavy atom. The molecule has 0 saturated carbocycles. The first-order chi connectivity index (χ1) is 14.8. The molecule has 0 radical (unpaired) electrons. The molecule has 30 heavy (non-hydrogen) atoms. The summed E-state index contributed by atoms with van der Waals surface area (Å²) in [4.78, 5) is 16.1. The van der Waals surface area contributed by atoms with Crippen LogP contribution in [0.25, 0.3) is 5.65 Å². The molecule has 1 aliphatic rings. The highest BCUT2D eigenvalue weighted by atomic mass is 32.2. The second-order valence-electron chi connectivity index (χ2n) is 6.59. The van der Waals surface area contributed by atoms with Crippen LogP contribution >= 0.6 is 23.1 Å². The summed E-state index contributed by atoms with van der Waals surface area (Å²) in [7, 11) is 0. The standard InChI is InChI=1S/C21H18N4O3S2/c26-20(14-30-21-23-22-19-5-1-2-8-24(19)21)25(13-16-4-3-11-29-16)15-6-7-17-18(12-15)28-10-9-27-17/h1-8,11-12H,9-10,13-14H2. The van der Waals surface area contributed by atoms with Gasteiger partial charge in [0.05, 0.1) is 12.3 Å². The number of benzene rings is 1. The monoisotopic (exact) mass is 438 g/mol. The lowest BCUT2D eigenvalue weighted by Crippen LogP contribution is -2.32. The zero-order chi connectivity index (χ0) is 20.3. The van der Waals surface area contributed by atoms with Gasteiger partial charge < -0.3 is 14.4 Å². The van der Waals surface area contributed by atoms with Crippen molar-refractivity contribution in [2.45, 2.75) is 11.7 Å². The van der Waals surface area contributed by atoms with Crippen LogP contribution in [-0.4, -0.2) is 39.5 Å². The van der Waals surface area contributed by atoms with E-state index >= 15 is 0 Å².